The van der Waals surface area contributed by atoms with Gasteiger partial charge >= 0.3 is 0 Å². The minimum Gasteiger partial charge on any atom is -0.324 e. The highest BCUT2D eigenvalue weighted by Gasteiger charge is 2.15. The highest BCUT2D eigenvalue weighted by molar-refractivity contribution is 6.35. The second-order valence-electron chi connectivity index (χ2n) is 6.57. The average Bonchev–Trinajstić information content (AvgIpc) is 3.20. The van der Waals surface area contributed by atoms with Gasteiger partial charge in [0.25, 0.3) is 5.78 Å². The Labute approximate surface area is 186 Å². The van der Waals surface area contributed by atoms with Gasteiger partial charge in [0.1, 0.15) is 5.69 Å². The average molecular weight is 450 g/mol. The molecule has 0 aliphatic heterocycles. The van der Waals surface area contributed by atoms with Crippen LogP contribution in [0.2, 0.25) is 10.0 Å². The van der Waals surface area contributed by atoms with E-state index in [9.17, 15) is 0 Å². The van der Waals surface area contributed by atoms with Crippen molar-refractivity contribution in [2.24, 2.45) is 0 Å². The zero-order valence-electron chi connectivity index (χ0n) is 16.0. The molecule has 0 radical (unpaired) electrons. The predicted octanol–water partition coefficient (Wildman–Crippen LogP) is 4.40. The Morgan fingerprint density at radius 2 is 1.68 bits per heavy atom. The van der Waals surface area contributed by atoms with E-state index >= 15 is 0 Å². The molecule has 31 heavy (non-hydrogen) atoms. The number of anilines is 2. The number of nitrogens with one attached hydrogen (secondary N) is 1. The van der Waals surface area contributed by atoms with Crippen molar-refractivity contribution in [1.29, 1.82) is 0 Å². The summed E-state index contributed by atoms with van der Waals surface area (Å²) in [6, 6.07) is 10.5. The normalized spacial score (nSPS) is 11.1. The van der Waals surface area contributed by atoms with E-state index in [2.05, 4.69) is 40.5 Å². The third-order valence-electron chi connectivity index (χ3n) is 4.45. The van der Waals surface area contributed by atoms with Crippen LogP contribution in [0, 0.1) is 6.92 Å². The van der Waals surface area contributed by atoms with Gasteiger partial charge in [-0.3, -0.25) is 4.98 Å². The van der Waals surface area contributed by atoms with Crippen LogP contribution < -0.4 is 5.32 Å². The van der Waals surface area contributed by atoms with Crippen LogP contribution in [0.4, 0.5) is 11.6 Å². The van der Waals surface area contributed by atoms with Gasteiger partial charge in [0.05, 0.1) is 11.4 Å². The van der Waals surface area contributed by atoms with Crippen molar-refractivity contribution in [3.05, 3.63) is 70.7 Å². The smallest absolute Gasteiger partial charge is 0.272 e. The maximum absolute atomic E-state index is 6.06. The van der Waals surface area contributed by atoms with Crippen LogP contribution >= 0.6 is 23.2 Å². The molecule has 5 rings (SSSR count). The fourth-order valence-electron chi connectivity index (χ4n) is 3.03. The van der Waals surface area contributed by atoms with E-state index in [1.54, 1.807) is 47.4 Å². The van der Waals surface area contributed by atoms with Gasteiger partial charge in [-0.25, -0.2) is 9.97 Å². The zero-order valence-corrected chi connectivity index (χ0v) is 17.5. The Morgan fingerprint density at radius 3 is 2.45 bits per heavy atom. The number of nitrogens with zero attached hydrogens (tertiary/aromatic N) is 8. The van der Waals surface area contributed by atoms with Crippen molar-refractivity contribution in [3.8, 4) is 22.8 Å². The molecule has 0 saturated carbocycles. The lowest BCUT2D eigenvalue weighted by Crippen LogP contribution is -2.05. The highest BCUT2D eigenvalue weighted by atomic mass is 35.5. The topological polar surface area (TPSA) is 107 Å². The van der Waals surface area contributed by atoms with E-state index in [1.807, 2.05) is 19.1 Å². The molecule has 0 aliphatic carbocycles. The van der Waals surface area contributed by atoms with Gasteiger partial charge in [0, 0.05) is 39.9 Å². The van der Waals surface area contributed by atoms with Gasteiger partial charge in [0.2, 0.25) is 5.95 Å². The first kappa shape index (κ1) is 19.3. The summed E-state index contributed by atoms with van der Waals surface area (Å²) in [5.74, 6) is 1.31. The molecule has 0 spiro atoms. The molecule has 0 amide bonds. The van der Waals surface area contributed by atoms with Crippen molar-refractivity contribution in [1.82, 2.24) is 39.7 Å². The Balaban J connectivity index is 1.52. The first-order chi connectivity index (χ1) is 15.1. The number of fused-ring (bicyclic) bond motifs is 1. The Bertz CT molecular complexity index is 1380. The maximum Gasteiger partial charge on any atom is 0.272 e. The first-order valence-electron chi connectivity index (χ1n) is 9.14. The van der Waals surface area contributed by atoms with E-state index in [0.29, 0.717) is 44.7 Å². The van der Waals surface area contributed by atoms with E-state index in [1.165, 1.54) is 0 Å². The van der Waals surface area contributed by atoms with Crippen molar-refractivity contribution in [3.63, 3.8) is 0 Å². The Morgan fingerprint density at radius 1 is 0.903 bits per heavy atom. The van der Waals surface area contributed by atoms with Gasteiger partial charge in [-0.1, -0.05) is 23.2 Å². The second-order valence-corrected chi connectivity index (χ2v) is 7.44. The number of aromatic nitrogens is 8. The summed E-state index contributed by atoms with van der Waals surface area (Å²) < 4.78 is 1.64. The molecule has 0 unspecified atom stereocenters. The first-order valence-corrected chi connectivity index (χ1v) is 9.89. The standard InChI is InChI=1S/C20H13Cl2N9/c1-11-17(28-29-20-27-18(30-31(11)20)12-2-5-23-6-3-12)16-4-7-24-19(26-16)25-15-9-13(21)8-14(22)10-15/h2-10H,1H3,(H,24,25,26). The summed E-state index contributed by atoms with van der Waals surface area (Å²) in [6.45, 7) is 1.88. The summed E-state index contributed by atoms with van der Waals surface area (Å²) in [5.41, 5.74) is 3.40. The van der Waals surface area contributed by atoms with Crippen LogP contribution in [0.15, 0.2) is 55.0 Å². The molecule has 0 saturated heterocycles. The molecule has 0 fully saturated rings. The summed E-state index contributed by atoms with van der Waals surface area (Å²) >= 11 is 12.1. The van der Waals surface area contributed by atoms with Crippen LogP contribution in [-0.2, 0) is 0 Å². The number of pyridine rings is 1. The fraction of sp³-hybridized carbons (Fsp3) is 0.0500. The van der Waals surface area contributed by atoms with E-state index < -0.39 is 0 Å². The van der Waals surface area contributed by atoms with E-state index in [0.717, 1.165) is 11.3 Å². The molecule has 11 heteroatoms. The Hall–Kier alpha value is -3.69. The highest BCUT2D eigenvalue weighted by Crippen LogP contribution is 2.25. The van der Waals surface area contributed by atoms with E-state index in [-0.39, 0.29) is 0 Å². The van der Waals surface area contributed by atoms with Gasteiger partial charge in [-0.15, -0.1) is 15.3 Å². The number of hydrogen-bond donors (Lipinski definition) is 1. The van der Waals surface area contributed by atoms with Gasteiger partial charge in [-0.2, -0.15) is 9.50 Å². The molecule has 4 heterocycles. The van der Waals surface area contributed by atoms with Gasteiger partial charge in [-0.05, 0) is 43.3 Å². The van der Waals surface area contributed by atoms with E-state index in [4.69, 9.17) is 23.2 Å². The molecule has 1 aromatic carbocycles. The number of halogens is 2. The molecule has 4 aromatic heterocycles. The lowest BCUT2D eigenvalue weighted by Gasteiger charge is -2.08. The summed E-state index contributed by atoms with van der Waals surface area (Å²) in [6.07, 6.45) is 5.01. The lowest BCUT2D eigenvalue weighted by molar-refractivity contribution is 0.851. The van der Waals surface area contributed by atoms with Crippen LogP contribution in [0.5, 0.6) is 0 Å². The third-order valence-corrected chi connectivity index (χ3v) is 4.88. The minimum atomic E-state index is 0.369. The summed E-state index contributed by atoms with van der Waals surface area (Å²) in [7, 11) is 0. The van der Waals surface area contributed by atoms with Crippen LogP contribution in [0.25, 0.3) is 28.6 Å². The molecule has 9 nitrogen and oxygen atoms in total. The summed E-state index contributed by atoms with van der Waals surface area (Å²) in [5, 5.41) is 17.2. The Kier molecular flexibility index (Phi) is 4.89. The van der Waals surface area contributed by atoms with Crippen molar-refractivity contribution in [2.45, 2.75) is 6.92 Å². The number of rotatable bonds is 4. The second kappa shape index (κ2) is 7.86. The molecule has 0 bridgehead atoms. The van der Waals surface area contributed by atoms with Crippen LogP contribution in [0.3, 0.4) is 0 Å². The molecule has 0 atom stereocenters. The van der Waals surface area contributed by atoms with Gasteiger partial charge < -0.3 is 5.32 Å². The molecule has 152 valence electrons. The van der Waals surface area contributed by atoms with Crippen LogP contribution in [-0.4, -0.2) is 39.7 Å². The molecular weight excluding hydrogens is 437 g/mol. The van der Waals surface area contributed by atoms with Gasteiger partial charge in [0.15, 0.2) is 5.82 Å². The van der Waals surface area contributed by atoms with Crippen LogP contribution in [0.1, 0.15) is 5.69 Å². The summed E-state index contributed by atoms with van der Waals surface area (Å²) in [4.78, 5) is 17.3. The third kappa shape index (κ3) is 3.88. The molecule has 1 N–H and O–H groups in total. The van der Waals surface area contributed by atoms with Crippen molar-refractivity contribution >= 4 is 40.6 Å². The molecule has 5 aromatic rings. The largest absolute Gasteiger partial charge is 0.324 e. The molecule has 0 aliphatic rings. The molecular formula is C20H13Cl2N9. The number of aryl methyl sites for hydroxylation is 1. The quantitative estimate of drug-likeness (QED) is 0.430. The SMILES string of the molecule is Cc1c(-c2ccnc(Nc3cc(Cl)cc(Cl)c3)n2)nnc2nc(-c3ccncc3)nn12. The monoisotopic (exact) mass is 449 g/mol. The predicted molar refractivity (Wildman–Crippen MR) is 117 cm³/mol. The zero-order chi connectivity index (χ0) is 21.4. The number of benzene rings is 1. The number of hydrogen-bond acceptors (Lipinski definition) is 8. The fourth-order valence-corrected chi connectivity index (χ4v) is 3.55. The lowest BCUT2D eigenvalue weighted by atomic mass is 10.2. The van der Waals surface area contributed by atoms with Crippen molar-refractivity contribution in [2.75, 3.05) is 5.32 Å². The minimum absolute atomic E-state index is 0.369. The maximum atomic E-state index is 6.06. The van der Waals surface area contributed by atoms with Crippen molar-refractivity contribution < 1.29 is 0 Å².